The van der Waals surface area contributed by atoms with E-state index in [-0.39, 0.29) is 5.91 Å². The van der Waals surface area contributed by atoms with E-state index in [4.69, 9.17) is 16.3 Å². The van der Waals surface area contributed by atoms with Gasteiger partial charge in [-0.05, 0) is 25.5 Å². The maximum absolute atomic E-state index is 12.4. The quantitative estimate of drug-likeness (QED) is 0.606. The molecular formula is C14H18ClNO2. The van der Waals surface area contributed by atoms with Gasteiger partial charge in [-0.15, -0.1) is 11.6 Å². The first-order valence-electron chi connectivity index (χ1n) is 6.14. The summed E-state index contributed by atoms with van der Waals surface area (Å²) in [4.78, 5) is 14.2. The number of carbonyl (C=O) groups is 1. The highest BCUT2D eigenvalue weighted by molar-refractivity contribution is 6.17. The summed E-state index contributed by atoms with van der Waals surface area (Å²) < 4.78 is 5.35. The molecule has 0 saturated carbocycles. The van der Waals surface area contributed by atoms with E-state index in [2.05, 4.69) is 0 Å². The Kier molecular flexibility index (Phi) is 3.93. The number of halogens is 1. The van der Waals surface area contributed by atoms with Gasteiger partial charge < -0.3 is 9.64 Å². The number of para-hydroxylation sites is 1. The Bertz CT molecular complexity index is 445. The standard InChI is InChI=1S/C14H18ClNO2/c1-14(2)11-5-3-4-6-12(11)16(13(14)17)8-10-18-9-7-15/h3-6H,7-10H2,1-2H3. The number of nitrogens with zero attached hydrogens (tertiary/aromatic N) is 1. The number of carbonyl (C=O) groups excluding carboxylic acids is 1. The molecule has 0 fully saturated rings. The Morgan fingerprint density at radius 3 is 2.72 bits per heavy atom. The number of benzene rings is 1. The molecule has 3 nitrogen and oxygen atoms in total. The Morgan fingerprint density at radius 2 is 2.00 bits per heavy atom. The zero-order valence-electron chi connectivity index (χ0n) is 10.8. The summed E-state index contributed by atoms with van der Waals surface area (Å²) in [7, 11) is 0. The molecule has 0 atom stereocenters. The van der Waals surface area contributed by atoms with E-state index in [0.717, 1.165) is 11.3 Å². The zero-order valence-corrected chi connectivity index (χ0v) is 11.5. The van der Waals surface area contributed by atoms with Crippen LogP contribution in [0.3, 0.4) is 0 Å². The van der Waals surface area contributed by atoms with Crippen LogP contribution < -0.4 is 4.90 Å². The predicted molar refractivity (Wildman–Crippen MR) is 73.4 cm³/mol. The van der Waals surface area contributed by atoms with Crippen molar-refractivity contribution in [1.82, 2.24) is 0 Å². The van der Waals surface area contributed by atoms with Gasteiger partial charge in [0, 0.05) is 18.1 Å². The van der Waals surface area contributed by atoms with Crippen LogP contribution in [0.1, 0.15) is 19.4 Å². The summed E-state index contributed by atoms with van der Waals surface area (Å²) in [6.45, 7) is 5.55. The molecule has 0 aromatic heterocycles. The first kappa shape index (κ1) is 13.4. The van der Waals surface area contributed by atoms with Crippen LogP contribution in [0.4, 0.5) is 5.69 Å². The highest BCUT2D eigenvalue weighted by Gasteiger charge is 2.43. The van der Waals surface area contributed by atoms with Gasteiger partial charge in [-0.2, -0.15) is 0 Å². The average Bonchev–Trinajstić information content (AvgIpc) is 2.56. The number of hydrogen-bond acceptors (Lipinski definition) is 2. The van der Waals surface area contributed by atoms with E-state index in [1.165, 1.54) is 0 Å². The van der Waals surface area contributed by atoms with Gasteiger partial charge in [-0.1, -0.05) is 18.2 Å². The third-order valence-electron chi connectivity index (χ3n) is 3.33. The van der Waals surface area contributed by atoms with E-state index in [1.807, 2.05) is 43.0 Å². The SMILES string of the molecule is CC1(C)C(=O)N(CCOCCCl)c2ccccc21. The lowest BCUT2D eigenvalue weighted by Crippen LogP contribution is -2.38. The largest absolute Gasteiger partial charge is 0.378 e. The Balaban J connectivity index is 2.15. The van der Waals surface area contributed by atoms with Crippen molar-refractivity contribution in [3.8, 4) is 0 Å². The lowest BCUT2D eigenvalue weighted by molar-refractivity contribution is -0.122. The molecule has 0 saturated heterocycles. The van der Waals surface area contributed by atoms with Crippen molar-refractivity contribution >= 4 is 23.2 Å². The molecule has 4 heteroatoms. The van der Waals surface area contributed by atoms with Crippen LogP contribution in [0, 0.1) is 0 Å². The van der Waals surface area contributed by atoms with Crippen LogP contribution in [0.25, 0.3) is 0 Å². The van der Waals surface area contributed by atoms with Crippen LogP contribution in [-0.2, 0) is 14.9 Å². The lowest BCUT2D eigenvalue weighted by atomic mass is 9.86. The normalized spacial score (nSPS) is 17.1. The molecule has 0 bridgehead atoms. The molecule has 0 unspecified atom stereocenters. The first-order valence-corrected chi connectivity index (χ1v) is 6.67. The van der Waals surface area contributed by atoms with Crippen LogP contribution in [-0.4, -0.2) is 31.5 Å². The molecule has 1 aliphatic heterocycles. The Hall–Kier alpha value is -1.06. The summed E-state index contributed by atoms with van der Waals surface area (Å²) in [6, 6.07) is 7.94. The van der Waals surface area contributed by atoms with Crippen LogP contribution in [0.2, 0.25) is 0 Å². The highest BCUT2D eigenvalue weighted by atomic mass is 35.5. The molecule has 98 valence electrons. The first-order chi connectivity index (χ1) is 8.59. The topological polar surface area (TPSA) is 29.5 Å². The molecule has 1 aliphatic rings. The van der Waals surface area contributed by atoms with E-state index >= 15 is 0 Å². The number of anilines is 1. The van der Waals surface area contributed by atoms with Gasteiger partial charge in [0.05, 0.1) is 18.6 Å². The highest BCUT2D eigenvalue weighted by Crippen LogP contribution is 2.40. The molecule has 0 N–H and O–H groups in total. The molecule has 1 aromatic rings. The smallest absolute Gasteiger partial charge is 0.237 e. The van der Waals surface area contributed by atoms with Crippen molar-refractivity contribution in [2.75, 3.05) is 30.5 Å². The Morgan fingerprint density at radius 1 is 1.28 bits per heavy atom. The minimum absolute atomic E-state index is 0.137. The number of fused-ring (bicyclic) bond motifs is 1. The predicted octanol–water partition coefficient (Wildman–Crippen LogP) is 2.57. The van der Waals surface area contributed by atoms with Crippen molar-refractivity contribution in [3.05, 3.63) is 29.8 Å². The molecule has 0 radical (unpaired) electrons. The summed E-state index contributed by atoms with van der Waals surface area (Å²) in [6.07, 6.45) is 0. The zero-order chi connectivity index (χ0) is 13.2. The van der Waals surface area contributed by atoms with E-state index in [9.17, 15) is 4.79 Å². The monoisotopic (exact) mass is 267 g/mol. The van der Waals surface area contributed by atoms with Gasteiger partial charge in [-0.25, -0.2) is 0 Å². The van der Waals surface area contributed by atoms with Crippen molar-refractivity contribution in [2.24, 2.45) is 0 Å². The summed E-state index contributed by atoms with van der Waals surface area (Å²) >= 11 is 5.55. The maximum atomic E-state index is 12.4. The number of amides is 1. The van der Waals surface area contributed by atoms with Crippen LogP contribution >= 0.6 is 11.6 Å². The Labute approximate surface area is 113 Å². The summed E-state index contributed by atoms with van der Waals surface area (Å²) in [5.41, 5.74) is 1.65. The van der Waals surface area contributed by atoms with Gasteiger partial charge in [-0.3, -0.25) is 4.79 Å². The van der Waals surface area contributed by atoms with Crippen molar-refractivity contribution < 1.29 is 9.53 Å². The minimum atomic E-state index is -0.441. The van der Waals surface area contributed by atoms with Gasteiger partial charge in [0.2, 0.25) is 5.91 Å². The second-order valence-electron chi connectivity index (χ2n) is 4.90. The van der Waals surface area contributed by atoms with Crippen molar-refractivity contribution in [2.45, 2.75) is 19.3 Å². The second kappa shape index (κ2) is 5.29. The maximum Gasteiger partial charge on any atom is 0.237 e. The van der Waals surface area contributed by atoms with E-state index in [0.29, 0.717) is 25.6 Å². The van der Waals surface area contributed by atoms with E-state index < -0.39 is 5.41 Å². The van der Waals surface area contributed by atoms with E-state index in [1.54, 1.807) is 0 Å². The van der Waals surface area contributed by atoms with Gasteiger partial charge in [0.25, 0.3) is 0 Å². The molecular weight excluding hydrogens is 250 g/mol. The van der Waals surface area contributed by atoms with Gasteiger partial charge in [0.15, 0.2) is 0 Å². The van der Waals surface area contributed by atoms with Gasteiger partial charge >= 0.3 is 0 Å². The average molecular weight is 268 g/mol. The fourth-order valence-electron chi connectivity index (χ4n) is 2.33. The number of alkyl halides is 1. The summed E-state index contributed by atoms with van der Waals surface area (Å²) in [5.74, 6) is 0.619. The molecule has 1 amide bonds. The van der Waals surface area contributed by atoms with Crippen LogP contribution in [0.15, 0.2) is 24.3 Å². The fraction of sp³-hybridized carbons (Fsp3) is 0.500. The second-order valence-corrected chi connectivity index (χ2v) is 5.28. The fourth-order valence-corrected chi connectivity index (χ4v) is 2.44. The molecule has 0 aliphatic carbocycles. The minimum Gasteiger partial charge on any atom is -0.378 e. The van der Waals surface area contributed by atoms with Crippen molar-refractivity contribution in [1.29, 1.82) is 0 Å². The molecule has 0 spiro atoms. The number of hydrogen-bond donors (Lipinski definition) is 0. The third kappa shape index (κ3) is 2.25. The van der Waals surface area contributed by atoms with Crippen molar-refractivity contribution in [3.63, 3.8) is 0 Å². The summed E-state index contributed by atoms with van der Waals surface area (Å²) in [5, 5.41) is 0. The molecule has 1 aromatic carbocycles. The van der Waals surface area contributed by atoms with Crippen LogP contribution in [0.5, 0.6) is 0 Å². The molecule has 2 rings (SSSR count). The molecule has 18 heavy (non-hydrogen) atoms. The lowest BCUT2D eigenvalue weighted by Gasteiger charge is -2.20. The molecule has 1 heterocycles. The number of ether oxygens (including phenoxy) is 1. The third-order valence-corrected chi connectivity index (χ3v) is 3.48. The number of rotatable bonds is 5. The van der Waals surface area contributed by atoms with Gasteiger partial charge in [0.1, 0.15) is 0 Å².